The van der Waals surface area contributed by atoms with Gasteiger partial charge < -0.3 is 5.32 Å². The largest absolute Gasteiger partial charge is 0.307 e. The highest BCUT2D eigenvalue weighted by Crippen LogP contribution is 2.35. The van der Waals surface area contributed by atoms with Gasteiger partial charge in [0.15, 0.2) is 0 Å². The number of benzene rings is 1. The Kier molecular flexibility index (Phi) is 3.88. The van der Waals surface area contributed by atoms with E-state index >= 15 is 0 Å². The van der Waals surface area contributed by atoms with Crippen LogP contribution in [0.15, 0.2) is 18.2 Å². The summed E-state index contributed by atoms with van der Waals surface area (Å²) >= 11 is 0. The molecule has 17 heavy (non-hydrogen) atoms. The maximum absolute atomic E-state index is 3.83. The molecule has 0 amide bonds. The van der Waals surface area contributed by atoms with Crippen LogP contribution in [-0.2, 0) is 5.54 Å². The van der Waals surface area contributed by atoms with E-state index in [0.717, 1.165) is 0 Å². The van der Waals surface area contributed by atoms with E-state index in [9.17, 15) is 0 Å². The molecule has 1 heteroatoms. The maximum atomic E-state index is 3.83. The van der Waals surface area contributed by atoms with Gasteiger partial charge in [0.1, 0.15) is 0 Å². The lowest BCUT2D eigenvalue weighted by Crippen LogP contribution is -2.41. The zero-order chi connectivity index (χ0) is 12.3. The van der Waals surface area contributed by atoms with Crippen molar-refractivity contribution < 1.29 is 0 Å². The third kappa shape index (κ3) is 2.40. The molecule has 1 aliphatic heterocycles. The van der Waals surface area contributed by atoms with Gasteiger partial charge in [-0.1, -0.05) is 38.0 Å². The van der Waals surface area contributed by atoms with Gasteiger partial charge in [-0.2, -0.15) is 0 Å². The van der Waals surface area contributed by atoms with Crippen molar-refractivity contribution in [2.24, 2.45) is 0 Å². The molecule has 1 aromatic rings. The van der Waals surface area contributed by atoms with Gasteiger partial charge in [0.25, 0.3) is 0 Å². The van der Waals surface area contributed by atoms with Crippen molar-refractivity contribution in [1.82, 2.24) is 5.32 Å². The fourth-order valence-corrected chi connectivity index (χ4v) is 3.14. The lowest BCUT2D eigenvalue weighted by Gasteiger charge is -2.35. The molecule has 1 atom stereocenters. The zero-order valence-corrected chi connectivity index (χ0v) is 11.5. The molecule has 1 saturated heterocycles. The number of hydrogen-bond acceptors (Lipinski definition) is 1. The fourth-order valence-electron chi connectivity index (χ4n) is 3.14. The SMILES string of the molecule is CCC1(c2cccc(C)c2C)CCCCCN1. The van der Waals surface area contributed by atoms with Crippen molar-refractivity contribution in [1.29, 1.82) is 0 Å². The van der Waals surface area contributed by atoms with Crippen LogP contribution in [0.25, 0.3) is 0 Å². The molecule has 0 saturated carbocycles. The van der Waals surface area contributed by atoms with Gasteiger partial charge in [-0.3, -0.25) is 0 Å². The second-order valence-electron chi connectivity index (χ2n) is 5.42. The van der Waals surface area contributed by atoms with E-state index < -0.39 is 0 Å². The molecule has 1 aliphatic rings. The summed E-state index contributed by atoms with van der Waals surface area (Å²) in [6, 6.07) is 6.75. The Hall–Kier alpha value is -0.820. The molecular weight excluding hydrogens is 206 g/mol. The molecule has 1 N–H and O–H groups in total. The molecule has 1 heterocycles. The number of nitrogens with one attached hydrogen (secondary N) is 1. The van der Waals surface area contributed by atoms with E-state index in [-0.39, 0.29) is 5.54 Å². The molecule has 2 rings (SSSR count). The summed E-state index contributed by atoms with van der Waals surface area (Å²) < 4.78 is 0. The van der Waals surface area contributed by atoms with Crippen molar-refractivity contribution in [2.75, 3.05) is 6.54 Å². The summed E-state index contributed by atoms with van der Waals surface area (Å²) in [4.78, 5) is 0. The first-order valence-corrected chi connectivity index (χ1v) is 7.01. The van der Waals surface area contributed by atoms with Crippen LogP contribution < -0.4 is 5.32 Å². The normalized spacial score (nSPS) is 25.6. The van der Waals surface area contributed by atoms with Gasteiger partial charge in [-0.05, 0) is 56.3 Å². The molecule has 0 spiro atoms. The van der Waals surface area contributed by atoms with Gasteiger partial charge in [0.2, 0.25) is 0 Å². The van der Waals surface area contributed by atoms with E-state index in [1.54, 1.807) is 0 Å². The van der Waals surface area contributed by atoms with Crippen LogP contribution in [-0.4, -0.2) is 6.54 Å². The van der Waals surface area contributed by atoms with Crippen molar-refractivity contribution in [3.05, 3.63) is 34.9 Å². The summed E-state index contributed by atoms with van der Waals surface area (Å²) in [6.07, 6.45) is 6.53. The topological polar surface area (TPSA) is 12.0 Å². The summed E-state index contributed by atoms with van der Waals surface area (Å²) in [5.41, 5.74) is 4.65. The Morgan fingerprint density at radius 2 is 2.00 bits per heavy atom. The molecule has 0 aliphatic carbocycles. The van der Waals surface area contributed by atoms with Crippen molar-refractivity contribution in [2.45, 2.75) is 58.4 Å². The minimum absolute atomic E-state index is 0.229. The van der Waals surface area contributed by atoms with Gasteiger partial charge in [0.05, 0.1) is 0 Å². The Morgan fingerprint density at radius 3 is 2.76 bits per heavy atom. The van der Waals surface area contributed by atoms with E-state index in [1.807, 2.05) is 0 Å². The van der Waals surface area contributed by atoms with Crippen LogP contribution in [0, 0.1) is 13.8 Å². The average molecular weight is 231 g/mol. The summed E-state index contributed by atoms with van der Waals surface area (Å²) in [5, 5.41) is 3.83. The highest BCUT2D eigenvalue weighted by molar-refractivity contribution is 5.38. The number of hydrogen-bond donors (Lipinski definition) is 1. The van der Waals surface area contributed by atoms with Crippen molar-refractivity contribution in [3.8, 4) is 0 Å². The minimum Gasteiger partial charge on any atom is -0.307 e. The molecule has 0 radical (unpaired) electrons. The van der Waals surface area contributed by atoms with Crippen LogP contribution >= 0.6 is 0 Å². The monoisotopic (exact) mass is 231 g/mol. The van der Waals surface area contributed by atoms with E-state index in [1.165, 1.54) is 55.3 Å². The Bertz CT molecular complexity index is 373. The quantitative estimate of drug-likeness (QED) is 0.809. The van der Waals surface area contributed by atoms with Gasteiger partial charge in [-0.25, -0.2) is 0 Å². The standard InChI is InChI=1S/C16H25N/c1-4-16(11-6-5-7-12-17-16)15-10-8-9-13(2)14(15)3/h8-10,17H,4-7,11-12H2,1-3H3. The predicted octanol–water partition coefficient (Wildman–Crippen LogP) is 4.07. The summed E-state index contributed by atoms with van der Waals surface area (Å²) in [5.74, 6) is 0. The molecule has 1 aromatic carbocycles. The first-order chi connectivity index (χ1) is 8.19. The highest BCUT2D eigenvalue weighted by atomic mass is 15.0. The maximum Gasteiger partial charge on any atom is 0.0434 e. The third-order valence-electron chi connectivity index (χ3n) is 4.47. The predicted molar refractivity (Wildman–Crippen MR) is 74.4 cm³/mol. The first kappa shape index (κ1) is 12.6. The number of aryl methyl sites for hydroxylation is 1. The molecule has 94 valence electrons. The van der Waals surface area contributed by atoms with Crippen LogP contribution in [0.3, 0.4) is 0 Å². The van der Waals surface area contributed by atoms with Crippen molar-refractivity contribution >= 4 is 0 Å². The average Bonchev–Trinajstić information content (AvgIpc) is 2.59. The molecule has 1 fully saturated rings. The van der Waals surface area contributed by atoms with E-state index in [0.29, 0.717) is 0 Å². The van der Waals surface area contributed by atoms with E-state index in [4.69, 9.17) is 0 Å². The lowest BCUT2D eigenvalue weighted by atomic mass is 9.80. The molecule has 1 unspecified atom stereocenters. The van der Waals surface area contributed by atoms with Gasteiger partial charge in [0, 0.05) is 5.54 Å². The number of rotatable bonds is 2. The van der Waals surface area contributed by atoms with E-state index in [2.05, 4.69) is 44.3 Å². The Labute approximate surface area is 106 Å². The summed E-state index contributed by atoms with van der Waals surface area (Å²) in [7, 11) is 0. The van der Waals surface area contributed by atoms with Gasteiger partial charge in [-0.15, -0.1) is 0 Å². The van der Waals surface area contributed by atoms with Crippen LogP contribution in [0.2, 0.25) is 0 Å². The summed E-state index contributed by atoms with van der Waals surface area (Å²) in [6.45, 7) is 7.98. The lowest BCUT2D eigenvalue weighted by molar-refractivity contribution is 0.311. The minimum atomic E-state index is 0.229. The Balaban J connectivity index is 2.42. The van der Waals surface area contributed by atoms with Crippen LogP contribution in [0.5, 0.6) is 0 Å². The Morgan fingerprint density at radius 1 is 1.18 bits per heavy atom. The second-order valence-corrected chi connectivity index (χ2v) is 5.42. The smallest absolute Gasteiger partial charge is 0.0434 e. The highest BCUT2D eigenvalue weighted by Gasteiger charge is 2.31. The third-order valence-corrected chi connectivity index (χ3v) is 4.47. The molecule has 0 bridgehead atoms. The van der Waals surface area contributed by atoms with Gasteiger partial charge >= 0.3 is 0 Å². The molecular formula is C16H25N. The second kappa shape index (κ2) is 5.22. The van der Waals surface area contributed by atoms with Crippen LogP contribution in [0.1, 0.15) is 55.7 Å². The zero-order valence-electron chi connectivity index (χ0n) is 11.5. The molecule has 0 aromatic heterocycles. The molecule has 1 nitrogen and oxygen atoms in total. The fraction of sp³-hybridized carbons (Fsp3) is 0.625. The van der Waals surface area contributed by atoms with Crippen LogP contribution in [0.4, 0.5) is 0 Å². The first-order valence-electron chi connectivity index (χ1n) is 7.01. The van der Waals surface area contributed by atoms with Crippen molar-refractivity contribution in [3.63, 3.8) is 0 Å².